The summed E-state index contributed by atoms with van der Waals surface area (Å²) in [6, 6.07) is 3.68. The highest BCUT2D eigenvalue weighted by Crippen LogP contribution is 2.34. The lowest BCUT2D eigenvalue weighted by atomic mass is 10.1. The van der Waals surface area contributed by atoms with Crippen LogP contribution in [-0.4, -0.2) is 69.5 Å². The lowest BCUT2D eigenvalue weighted by Crippen LogP contribution is -2.48. The topological polar surface area (TPSA) is 74.4 Å². The van der Waals surface area contributed by atoms with E-state index < -0.39 is 0 Å². The molecule has 28 heavy (non-hydrogen) atoms. The highest BCUT2D eigenvalue weighted by atomic mass is 16.5. The van der Waals surface area contributed by atoms with Gasteiger partial charge in [0.25, 0.3) is 0 Å². The Morgan fingerprint density at radius 1 is 1.36 bits per heavy atom. The van der Waals surface area contributed by atoms with E-state index >= 15 is 0 Å². The summed E-state index contributed by atoms with van der Waals surface area (Å²) in [4.78, 5) is 29.8. The molecule has 3 heterocycles. The van der Waals surface area contributed by atoms with E-state index in [0.717, 1.165) is 43.0 Å². The number of hydrogen-bond donors (Lipinski definition) is 1. The zero-order valence-electron chi connectivity index (χ0n) is 17.3. The Morgan fingerprint density at radius 2 is 2.14 bits per heavy atom. The van der Waals surface area contributed by atoms with Gasteiger partial charge in [-0.15, -0.1) is 0 Å². The fourth-order valence-electron chi connectivity index (χ4n) is 4.09. The Morgan fingerprint density at radius 3 is 2.75 bits per heavy atom. The third-order valence-corrected chi connectivity index (χ3v) is 5.69. The predicted molar refractivity (Wildman–Crippen MR) is 109 cm³/mol. The molecule has 2 aromatic heterocycles. The van der Waals surface area contributed by atoms with Gasteiger partial charge < -0.3 is 14.6 Å². The van der Waals surface area contributed by atoms with Crippen molar-refractivity contribution >= 4 is 5.91 Å². The zero-order chi connectivity index (χ0) is 20.1. The number of aromatic nitrogens is 3. The van der Waals surface area contributed by atoms with Crippen molar-refractivity contribution in [1.29, 1.82) is 0 Å². The van der Waals surface area contributed by atoms with Gasteiger partial charge in [-0.25, -0.2) is 4.98 Å². The first-order chi connectivity index (χ1) is 13.6. The van der Waals surface area contributed by atoms with E-state index in [9.17, 15) is 4.79 Å². The summed E-state index contributed by atoms with van der Waals surface area (Å²) < 4.78 is 5.60. The van der Waals surface area contributed by atoms with Crippen molar-refractivity contribution in [1.82, 2.24) is 24.8 Å². The van der Waals surface area contributed by atoms with Crippen LogP contribution >= 0.6 is 0 Å². The number of H-pyrrole nitrogens is 1. The van der Waals surface area contributed by atoms with Crippen molar-refractivity contribution in [2.75, 3.05) is 26.7 Å². The van der Waals surface area contributed by atoms with Gasteiger partial charge in [0.2, 0.25) is 5.91 Å². The Labute approximate surface area is 167 Å². The summed E-state index contributed by atoms with van der Waals surface area (Å²) in [5.41, 5.74) is 1.89. The third-order valence-electron chi connectivity index (χ3n) is 5.69. The van der Waals surface area contributed by atoms with Crippen molar-refractivity contribution in [2.45, 2.75) is 51.8 Å². The van der Waals surface area contributed by atoms with Crippen LogP contribution in [0.1, 0.15) is 45.5 Å². The second-order valence-electron chi connectivity index (χ2n) is 7.17. The average Bonchev–Trinajstić information content (AvgIpc) is 3.39. The molecule has 0 radical (unpaired) electrons. The number of carbonyl (C=O) groups excluding carboxylic acids is 1. The molecule has 7 heteroatoms. The minimum atomic E-state index is -0.110. The van der Waals surface area contributed by atoms with Crippen molar-refractivity contribution in [3.05, 3.63) is 36.5 Å². The maximum absolute atomic E-state index is 13.4. The number of pyridine rings is 1. The van der Waals surface area contributed by atoms with Crippen LogP contribution in [0.15, 0.2) is 30.7 Å². The molecule has 3 rings (SSSR count). The van der Waals surface area contributed by atoms with Gasteiger partial charge in [-0.1, -0.05) is 20.8 Å². The number of likely N-dealkylation sites (tertiary alicyclic amines) is 1. The number of methoxy groups -OCH3 is 1. The van der Waals surface area contributed by atoms with Crippen LogP contribution in [0.4, 0.5) is 0 Å². The lowest BCUT2D eigenvalue weighted by molar-refractivity contribution is -0.138. The zero-order valence-corrected chi connectivity index (χ0v) is 17.3. The summed E-state index contributed by atoms with van der Waals surface area (Å²) in [6.07, 6.45) is 6.93. The SMILES string of the molecule is CC[C@H](C(=O)N1C[C@@H](OC)C[C@H]1c1ncc(-c2cccnc2)[nH]1)N(CC)CC. The molecule has 3 atom stereocenters. The van der Waals surface area contributed by atoms with Gasteiger partial charge >= 0.3 is 0 Å². The van der Waals surface area contributed by atoms with Crippen molar-refractivity contribution in [2.24, 2.45) is 0 Å². The monoisotopic (exact) mass is 385 g/mol. The maximum atomic E-state index is 13.4. The molecule has 1 amide bonds. The molecule has 7 nitrogen and oxygen atoms in total. The largest absolute Gasteiger partial charge is 0.380 e. The summed E-state index contributed by atoms with van der Waals surface area (Å²) in [6.45, 7) is 8.60. The fraction of sp³-hybridized carbons (Fsp3) is 0.571. The Hall–Kier alpha value is -2.25. The molecule has 0 saturated carbocycles. The highest BCUT2D eigenvalue weighted by molar-refractivity contribution is 5.82. The van der Waals surface area contributed by atoms with Crippen molar-refractivity contribution in [3.63, 3.8) is 0 Å². The lowest BCUT2D eigenvalue weighted by Gasteiger charge is -2.33. The average molecular weight is 386 g/mol. The Balaban J connectivity index is 1.86. The van der Waals surface area contributed by atoms with E-state index in [2.05, 4.69) is 40.6 Å². The van der Waals surface area contributed by atoms with Crippen LogP contribution in [-0.2, 0) is 9.53 Å². The van der Waals surface area contributed by atoms with E-state index in [1.54, 1.807) is 19.5 Å². The minimum Gasteiger partial charge on any atom is -0.380 e. The van der Waals surface area contributed by atoms with Gasteiger partial charge in [-0.3, -0.25) is 14.7 Å². The molecular formula is C21H31N5O2. The van der Waals surface area contributed by atoms with E-state index in [0.29, 0.717) is 6.54 Å². The highest BCUT2D eigenvalue weighted by Gasteiger charge is 2.40. The van der Waals surface area contributed by atoms with Gasteiger partial charge in [0.1, 0.15) is 5.82 Å². The molecule has 0 aliphatic carbocycles. The summed E-state index contributed by atoms with van der Waals surface area (Å²) in [5, 5.41) is 0. The van der Waals surface area contributed by atoms with Crippen LogP contribution in [0.2, 0.25) is 0 Å². The van der Waals surface area contributed by atoms with Crippen molar-refractivity contribution < 1.29 is 9.53 Å². The number of aromatic amines is 1. The van der Waals surface area contributed by atoms with Gasteiger partial charge in [0.15, 0.2) is 0 Å². The summed E-state index contributed by atoms with van der Waals surface area (Å²) >= 11 is 0. The van der Waals surface area contributed by atoms with Gasteiger partial charge in [-0.05, 0) is 31.6 Å². The van der Waals surface area contributed by atoms with E-state index in [4.69, 9.17) is 4.74 Å². The van der Waals surface area contributed by atoms with Crippen LogP contribution in [0.5, 0.6) is 0 Å². The first-order valence-electron chi connectivity index (χ1n) is 10.1. The van der Waals surface area contributed by atoms with E-state index in [-0.39, 0.29) is 24.1 Å². The Bertz CT molecular complexity index is 759. The number of carbonyl (C=O) groups is 1. The normalized spacial score (nSPS) is 20.7. The molecule has 0 bridgehead atoms. The number of imidazole rings is 1. The first-order valence-corrected chi connectivity index (χ1v) is 10.1. The van der Waals surface area contributed by atoms with Crippen LogP contribution in [0.25, 0.3) is 11.3 Å². The molecule has 1 aliphatic rings. The molecule has 0 aromatic carbocycles. The van der Waals surface area contributed by atoms with E-state index in [1.807, 2.05) is 23.2 Å². The maximum Gasteiger partial charge on any atom is 0.240 e. The third kappa shape index (κ3) is 4.10. The molecule has 0 unspecified atom stereocenters. The fourth-order valence-corrected chi connectivity index (χ4v) is 4.09. The van der Waals surface area contributed by atoms with Gasteiger partial charge in [-0.2, -0.15) is 0 Å². The van der Waals surface area contributed by atoms with Crippen LogP contribution < -0.4 is 0 Å². The predicted octanol–water partition coefficient (Wildman–Crippen LogP) is 2.88. The number of nitrogens with zero attached hydrogens (tertiary/aromatic N) is 4. The van der Waals surface area contributed by atoms with Gasteiger partial charge in [0, 0.05) is 38.0 Å². The second kappa shape index (κ2) is 9.30. The number of hydrogen-bond acceptors (Lipinski definition) is 5. The van der Waals surface area contributed by atoms with Gasteiger partial charge in [0.05, 0.1) is 30.1 Å². The van der Waals surface area contributed by atoms with Crippen molar-refractivity contribution in [3.8, 4) is 11.3 Å². The number of amides is 1. The molecule has 0 spiro atoms. The van der Waals surface area contributed by atoms with Crippen LogP contribution in [0.3, 0.4) is 0 Å². The molecule has 1 aliphatic heterocycles. The van der Waals surface area contributed by atoms with Crippen LogP contribution in [0, 0.1) is 0 Å². The number of likely N-dealkylation sites (N-methyl/N-ethyl adjacent to an activating group) is 1. The first kappa shape index (κ1) is 20.5. The number of rotatable bonds is 8. The van der Waals surface area contributed by atoms with E-state index in [1.165, 1.54) is 0 Å². The minimum absolute atomic E-state index is 0.0232. The summed E-state index contributed by atoms with van der Waals surface area (Å²) in [7, 11) is 1.71. The molecule has 2 aromatic rings. The standard InChI is InChI=1S/C21H31N5O2/c1-5-18(25(6-2)7-3)21(27)26-14-16(28-4)11-19(26)20-23-13-17(24-20)15-9-8-10-22-12-15/h8-10,12-13,16,18-19H,5-7,11,14H2,1-4H3,(H,23,24)/t16-,18+,19-/m0/s1. The molecular weight excluding hydrogens is 354 g/mol. The molecule has 1 fully saturated rings. The summed E-state index contributed by atoms with van der Waals surface area (Å²) in [5.74, 6) is 0.969. The molecule has 1 N–H and O–H groups in total. The number of nitrogens with one attached hydrogen (secondary N) is 1. The number of ether oxygens (including phenoxy) is 1. The second-order valence-corrected chi connectivity index (χ2v) is 7.17. The quantitative estimate of drug-likeness (QED) is 0.756. The Kier molecular flexibility index (Phi) is 6.80. The molecule has 152 valence electrons. The molecule has 1 saturated heterocycles. The smallest absolute Gasteiger partial charge is 0.240 e.